The minimum absolute atomic E-state index is 0.0430. The van der Waals surface area contributed by atoms with Gasteiger partial charge in [-0.2, -0.15) is 0 Å². The average molecular weight is 529 g/mol. The van der Waals surface area contributed by atoms with Gasteiger partial charge in [0.05, 0.1) is 36.4 Å². The van der Waals surface area contributed by atoms with Gasteiger partial charge >= 0.3 is 17.9 Å². The van der Waals surface area contributed by atoms with Gasteiger partial charge in [-0.05, 0) is 48.7 Å². The Morgan fingerprint density at radius 1 is 1.18 bits per heavy atom. The predicted octanol–water partition coefficient (Wildman–Crippen LogP) is 1.15. The molecule has 13 heteroatoms. The van der Waals surface area contributed by atoms with Crippen LogP contribution in [0.2, 0.25) is 0 Å². The maximum Gasteiger partial charge on any atom is 0.343 e. The van der Waals surface area contributed by atoms with Gasteiger partial charge in [0, 0.05) is 13.7 Å². The first-order valence-electron chi connectivity index (χ1n) is 11.6. The molecule has 1 atom stereocenters. The quantitative estimate of drug-likeness (QED) is 0.157. The van der Waals surface area contributed by atoms with E-state index in [0.29, 0.717) is 24.1 Å². The zero-order valence-electron chi connectivity index (χ0n) is 20.6. The molecule has 1 heterocycles. The number of para-hydroxylation sites is 1. The smallest absolute Gasteiger partial charge is 0.343 e. The average Bonchev–Trinajstić information content (AvgIpc) is 2.85. The number of hydrogen-bond donors (Lipinski definition) is 4. The van der Waals surface area contributed by atoms with Crippen molar-refractivity contribution in [1.29, 1.82) is 0 Å². The maximum atomic E-state index is 13.6. The molecule has 6 N–H and O–H groups in total. The van der Waals surface area contributed by atoms with E-state index in [-0.39, 0.29) is 48.3 Å². The molecule has 202 valence electrons. The van der Waals surface area contributed by atoms with Crippen LogP contribution in [0, 0.1) is 0 Å². The van der Waals surface area contributed by atoms with Crippen LogP contribution in [0.1, 0.15) is 39.1 Å². The number of amides is 1. The lowest BCUT2D eigenvalue weighted by molar-refractivity contribution is -0.148. The SMILES string of the molecule is COCCN(C(=O)c1cccc2c1OCCCc1cc(N=C(N)N)ccc1C(=O)O2)C(CC(=O)O)C(=O)O. The summed E-state index contributed by atoms with van der Waals surface area (Å²) in [5.74, 6) is -4.66. The Bertz CT molecular complexity index is 1260. The number of carboxylic acid groups (broad SMARTS) is 2. The minimum Gasteiger partial charge on any atom is -0.489 e. The van der Waals surface area contributed by atoms with Gasteiger partial charge in [-0.25, -0.2) is 14.6 Å². The number of aliphatic imine (C=N–C) groups is 1. The topological polar surface area (TPSA) is 204 Å². The van der Waals surface area contributed by atoms with Crippen molar-refractivity contribution in [3.8, 4) is 11.5 Å². The summed E-state index contributed by atoms with van der Waals surface area (Å²) >= 11 is 0. The number of carboxylic acids is 2. The van der Waals surface area contributed by atoms with Crippen molar-refractivity contribution in [3.63, 3.8) is 0 Å². The number of nitrogens with zero attached hydrogens (tertiary/aromatic N) is 2. The van der Waals surface area contributed by atoms with Crippen LogP contribution in [0.15, 0.2) is 41.4 Å². The minimum atomic E-state index is -1.67. The van der Waals surface area contributed by atoms with E-state index in [2.05, 4.69) is 4.99 Å². The van der Waals surface area contributed by atoms with Crippen molar-refractivity contribution in [2.75, 3.05) is 26.9 Å². The lowest BCUT2D eigenvalue weighted by atomic mass is 10.0. The fourth-order valence-corrected chi connectivity index (χ4v) is 3.95. The molecular weight excluding hydrogens is 500 g/mol. The van der Waals surface area contributed by atoms with E-state index in [9.17, 15) is 29.4 Å². The van der Waals surface area contributed by atoms with Gasteiger partial charge < -0.3 is 40.8 Å². The third kappa shape index (κ3) is 6.76. The van der Waals surface area contributed by atoms with Gasteiger partial charge in [-0.15, -0.1) is 0 Å². The molecular formula is C25H28N4O9. The first kappa shape index (κ1) is 27.9. The first-order valence-corrected chi connectivity index (χ1v) is 11.6. The number of guanidine groups is 1. The molecule has 0 aromatic heterocycles. The number of rotatable bonds is 9. The molecule has 0 fully saturated rings. The summed E-state index contributed by atoms with van der Waals surface area (Å²) in [7, 11) is 1.36. The summed E-state index contributed by atoms with van der Waals surface area (Å²) in [6.45, 7) is -0.121. The molecule has 1 aliphatic rings. The Morgan fingerprint density at radius 2 is 1.95 bits per heavy atom. The fraction of sp³-hybridized carbons (Fsp3) is 0.320. The number of benzene rings is 2. The molecule has 3 rings (SSSR count). The number of carbonyl (C=O) groups is 4. The van der Waals surface area contributed by atoms with Crippen molar-refractivity contribution in [3.05, 3.63) is 53.1 Å². The molecule has 0 aliphatic carbocycles. The molecule has 0 radical (unpaired) electrons. The van der Waals surface area contributed by atoms with Crippen molar-refractivity contribution in [2.24, 2.45) is 16.5 Å². The molecule has 0 saturated carbocycles. The molecule has 1 unspecified atom stereocenters. The Morgan fingerprint density at radius 3 is 2.61 bits per heavy atom. The van der Waals surface area contributed by atoms with E-state index in [1.807, 2.05) is 0 Å². The van der Waals surface area contributed by atoms with E-state index in [1.165, 1.54) is 31.4 Å². The molecule has 13 nitrogen and oxygen atoms in total. The van der Waals surface area contributed by atoms with Gasteiger partial charge in [0.1, 0.15) is 6.04 Å². The lowest BCUT2D eigenvalue weighted by Gasteiger charge is -2.29. The second-order valence-corrected chi connectivity index (χ2v) is 8.30. The highest BCUT2D eigenvalue weighted by Gasteiger charge is 2.34. The Kier molecular flexibility index (Phi) is 9.22. The van der Waals surface area contributed by atoms with Crippen LogP contribution in [0.4, 0.5) is 5.69 Å². The number of esters is 1. The fourth-order valence-electron chi connectivity index (χ4n) is 3.95. The third-order valence-corrected chi connectivity index (χ3v) is 5.64. The Balaban J connectivity index is 2.01. The maximum absolute atomic E-state index is 13.6. The van der Waals surface area contributed by atoms with Gasteiger partial charge in [0.15, 0.2) is 17.5 Å². The molecule has 1 aliphatic heterocycles. The van der Waals surface area contributed by atoms with Crippen LogP contribution < -0.4 is 20.9 Å². The van der Waals surface area contributed by atoms with E-state index in [4.69, 9.17) is 25.7 Å². The molecule has 0 spiro atoms. The second-order valence-electron chi connectivity index (χ2n) is 8.30. The molecule has 2 aromatic rings. The normalized spacial score (nSPS) is 13.6. The first-order chi connectivity index (χ1) is 18.1. The number of aliphatic carboxylic acids is 2. The monoisotopic (exact) mass is 528 g/mol. The summed E-state index contributed by atoms with van der Waals surface area (Å²) < 4.78 is 16.4. The van der Waals surface area contributed by atoms with Crippen LogP contribution in [-0.4, -0.2) is 77.8 Å². The van der Waals surface area contributed by atoms with Crippen molar-refractivity contribution >= 4 is 35.5 Å². The van der Waals surface area contributed by atoms with E-state index < -0.39 is 36.3 Å². The Labute approximate surface area is 217 Å². The largest absolute Gasteiger partial charge is 0.489 e. The predicted molar refractivity (Wildman–Crippen MR) is 134 cm³/mol. The van der Waals surface area contributed by atoms with Gasteiger partial charge in [0.25, 0.3) is 5.91 Å². The highest BCUT2D eigenvalue weighted by Crippen LogP contribution is 2.35. The van der Waals surface area contributed by atoms with Gasteiger partial charge in [-0.3, -0.25) is 9.59 Å². The van der Waals surface area contributed by atoms with E-state index >= 15 is 0 Å². The Hall–Kier alpha value is -4.65. The number of carbonyl (C=O) groups excluding carboxylic acids is 2. The number of methoxy groups -OCH3 is 1. The highest BCUT2D eigenvalue weighted by atomic mass is 16.6. The highest BCUT2D eigenvalue weighted by molar-refractivity contribution is 6.01. The number of hydrogen-bond acceptors (Lipinski definition) is 8. The molecule has 1 amide bonds. The zero-order valence-corrected chi connectivity index (χ0v) is 20.6. The molecule has 0 saturated heterocycles. The van der Waals surface area contributed by atoms with Gasteiger partial charge in [-0.1, -0.05) is 6.07 Å². The molecule has 0 bridgehead atoms. The number of aryl methyl sites for hydroxylation is 1. The van der Waals surface area contributed by atoms with Crippen molar-refractivity contribution in [1.82, 2.24) is 4.90 Å². The standard InChI is InChI=1S/C25H28N4O9/c1-36-11-9-29(18(23(33)34)13-20(30)31)22(32)17-5-2-6-19-21(17)37-10-3-4-14-12-15(28-25(26)27)7-8-16(14)24(35)38-19/h2,5-8,12,18H,3-4,9-11,13H2,1H3,(H,30,31)(H,33,34)(H4,26,27,28). The van der Waals surface area contributed by atoms with E-state index in [1.54, 1.807) is 12.1 Å². The second kappa shape index (κ2) is 12.5. The zero-order chi connectivity index (χ0) is 27.8. The van der Waals surface area contributed by atoms with Crippen LogP contribution >= 0.6 is 0 Å². The third-order valence-electron chi connectivity index (χ3n) is 5.64. The number of fused-ring (bicyclic) bond motifs is 2. The van der Waals surface area contributed by atoms with Crippen LogP contribution in [0.25, 0.3) is 0 Å². The van der Waals surface area contributed by atoms with Crippen LogP contribution in [0.5, 0.6) is 11.5 Å². The lowest BCUT2D eigenvalue weighted by Crippen LogP contribution is -2.47. The van der Waals surface area contributed by atoms with Crippen molar-refractivity contribution in [2.45, 2.75) is 25.3 Å². The molecule has 38 heavy (non-hydrogen) atoms. The van der Waals surface area contributed by atoms with Crippen molar-refractivity contribution < 1.29 is 43.6 Å². The summed E-state index contributed by atoms with van der Waals surface area (Å²) in [6, 6.07) is 7.36. The van der Waals surface area contributed by atoms with E-state index in [0.717, 1.165) is 4.90 Å². The summed E-state index contributed by atoms with van der Waals surface area (Å²) in [5.41, 5.74) is 12.2. The molecule has 2 aromatic carbocycles. The summed E-state index contributed by atoms with van der Waals surface area (Å²) in [6.07, 6.45) is 0.0231. The number of nitrogens with two attached hydrogens (primary N) is 2. The summed E-state index contributed by atoms with van der Waals surface area (Å²) in [5, 5.41) is 18.9. The van der Waals surface area contributed by atoms with Gasteiger partial charge in [0.2, 0.25) is 0 Å². The van der Waals surface area contributed by atoms with Crippen LogP contribution in [-0.2, 0) is 20.7 Å². The number of ether oxygens (including phenoxy) is 3. The van der Waals surface area contributed by atoms with Crippen LogP contribution in [0.3, 0.4) is 0 Å². The summed E-state index contributed by atoms with van der Waals surface area (Å²) in [4.78, 5) is 54.7.